The van der Waals surface area contributed by atoms with Crippen LogP contribution in [0.5, 0.6) is 11.5 Å². The van der Waals surface area contributed by atoms with Crippen LogP contribution in [-0.2, 0) is 4.74 Å². The highest BCUT2D eigenvalue weighted by Crippen LogP contribution is 2.35. The molecule has 0 atom stereocenters. The fourth-order valence-electron chi connectivity index (χ4n) is 3.83. The van der Waals surface area contributed by atoms with Gasteiger partial charge in [0.2, 0.25) is 0 Å². The summed E-state index contributed by atoms with van der Waals surface area (Å²) in [7, 11) is 0. The number of benzene rings is 2. The number of Topliss-reactive ketones (excluding diaryl/α,β-unsaturated/α-hetero) is 1. The van der Waals surface area contributed by atoms with E-state index in [1.807, 2.05) is 38.1 Å². The predicted molar refractivity (Wildman–Crippen MR) is 125 cm³/mol. The molecule has 3 heterocycles. The van der Waals surface area contributed by atoms with Crippen LogP contribution in [-0.4, -0.2) is 46.3 Å². The molecule has 0 radical (unpaired) electrons. The molecule has 1 aliphatic rings. The van der Waals surface area contributed by atoms with Gasteiger partial charge >= 0.3 is 5.97 Å². The second-order valence-electron chi connectivity index (χ2n) is 8.20. The van der Waals surface area contributed by atoms with Crippen molar-refractivity contribution in [2.24, 2.45) is 0 Å². The lowest BCUT2D eigenvalue weighted by Gasteiger charge is -2.19. The van der Waals surface area contributed by atoms with E-state index in [9.17, 15) is 9.59 Å². The van der Waals surface area contributed by atoms with Gasteiger partial charge in [-0.2, -0.15) is 5.10 Å². The first-order chi connectivity index (χ1) is 16.5. The molecule has 0 unspecified atom stereocenters. The number of ether oxygens (including phenoxy) is 3. The molecular formula is C26H23N3O5. The number of hydrogen-bond donors (Lipinski definition) is 0. The van der Waals surface area contributed by atoms with E-state index in [0.717, 1.165) is 5.56 Å². The summed E-state index contributed by atoms with van der Waals surface area (Å²) in [6.07, 6.45) is 1.60. The molecule has 172 valence electrons. The zero-order chi connectivity index (χ0) is 23.7. The molecule has 34 heavy (non-hydrogen) atoms. The lowest BCUT2D eigenvalue weighted by Crippen LogP contribution is -2.15. The van der Waals surface area contributed by atoms with Gasteiger partial charge in [0.25, 0.3) is 0 Å². The Hall–Kier alpha value is -4.20. The number of nitrogens with zero attached hydrogens (tertiary/aromatic N) is 3. The van der Waals surface area contributed by atoms with Crippen molar-refractivity contribution in [3.63, 3.8) is 0 Å². The van der Waals surface area contributed by atoms with Gasteiger partial charge in [0, 0.05) is 17.2 Å². The number of rotatable bonds is 6. The molecular weight excluding hydrogens is 434 g/mol. The summed E-state index contributed by atoms with van der Waals surface area (Å²) in [4.78, 5) is 30.3. The van der Waals surface area contributed by atoms with E-state index in [1.165, 1.54) is 0 Å². The number of esters is 1. The van der Waals surface area contributed by atoms with E-state index in [4.69, 9.17) is 19.2 Å². The number of carbonyl (C=O) groups excluding carboxylic acids is 2. The number of fused-ring (bicyclic) bond motifs is 2. The summed E-state index contributed by atoms with van der Waals surface area (Å²) < 4.78 is 18.5. The van der Waals surface area contributed by atoms with Crippen molar-refractivity contribution in [3.05, 3.63) is 71.9 Å². The molecule has 4 aromatic rings. The smallest absolute Gasteiger partial charge is 0.339 e. The van der Waals surface area contributed by atoms with Crippen LogP contribution in [0.2, 0.25) is 0 Å². The molecule has 5 rings (SSSR count). The van der Waals surface area contributed by atoms with Gasteiger partial charge in [-0.15, -0.1) is 0 Å². The van der Waals surface area contributed by atoms with Crippen molar-refractivity contribution >= 4 is 22.8 Å². The topological polar surface area (TPSA) is 92.5 Å². The molecule has 0 amide bonds. The molecule has 2 aromatic carbocycles. The normalized spacial score (nSPS) is 12.7. The van der Waals surface area contributed by atoms with Crippen LogP contribution in [0.1, 0.15) is 40.6 Å². The van der Waals surface area contributed by atoms with Gasteiger partial charge in [0.15, 0.2) is 29.5 Å². The van der Waals surface area contributed by atoms with Crippen LogP contribution in [0.3, 0.4) is 0 Å². The first kappa shape index (κ1) is 21.6. The molecule has 8 nitrogen and oxygen atoms in total. The highest BCUT2D eigenvalue weighted by molar-refractivity contribution is 6.05. The molecule has 0 N–H and O–H groups in total. The Kier molecular flexibility index (Phi) is 5.71. The third-order valence-electron chi connectivity index (χ3n) is 5.54. The van der Waals surface area contributed by atoms with Gasteiger partial charge < -0.3 is 14.2 Å². The Morgan fingerprint density at radius 2 is 1.79 bits per heavy atom. The molecule has 8 heteroatoms. The predicted octanol–water partition coefficient (Wildman–Crippen LogP) is 4.49. The number of aromatic nitrogens is 3. The minimum atomic E-state index is -0.612. The molecule has 0 fully saturated rings. The summed E-state index contributed by atoms with van der Waals surface area (Å²) in [5, 5.41) is 4.98. The zero-order valence-corrected chi connectivity index (χ0v) is 18.9. The third-order valence-corrected chi connectivity index (χ3v) is 5.54. The van der Waals surface area contributed by atoms with Crippen molar-refractivity contribution in [2.75, 3.05) is 19.8 Å². The van der Waals surface area contributed by atoms with Crippen molar-refractivity contribution in [3.8, 4) is 22.8 Å². The highest BCUT2D eigenvalue weighted by Gasteiger charge is 2.21. The Morgan fingerprint density at radius 1 is 1.03 bits per heavy atom. The molecule has 1 aliphatic heterocycles. The van der Waals surface area contributed by atoms with E-state index < -0.39 is 5.97 Å². The molecule has 0 saturated heterocycles. The van der Waals surface area contributed by atoms with Crippen molar-refractivity contribution in [1.29, 1.82) is 0 Å². The Bertz CT molecular complexity index is 1380. The fraction of sp³-hybridized carbons (Fsp3) is 0.231. The number of carbonyl (C=O) groups is 2. The Labute approximate surface area is 196 Å². The van der Waals surface area contributed by atoms with E-state index >= 15 is 0 Å². The number of pyridine rings is 1. The third kappa shape index (κ3) is 4.10. The summed E-state index contributed by atoms with van der Waals surface area (Å²) in [6, 6.07) is 16.0. The quantitative estimate of drug-likeness (QED) is 0.311. The largest absolute Gasteiger partial charge is 0.486 e. The summed E-state index contributed by atoms with van der Waals surface area (Å²) >= 11 is 0. The van der Waals surface area contributed by atoms with Crippen LogP contribution in [0.15, 0.2) is 60.8 Å². The van der Waals surface area contributed by atoms with Crippen molar-refractivity contribution in [1.82, 2.24) is 14.8 Å². The summed E-state index contributed by atoms with van der Waals surface area (Å²) in [5.41, 5.74) is 2.66. The number of ketones is 1. The number of hydrogen-bond acceptors (Lipinski definition) is 7. The minimum absolute atomic E-state index is 0.0315. The van der Waals surface area contributed by atoms with E-state index in [2.05, 4.69) is 5.10 Å². The van der Waals surface area contributed by atoms with E-state index in [-0.39, 0.29) is 18.4 Å². The average molecular weight is 457 g/mol. The second kappa shape index (κ2) is 8.97. The van der Waals surface area contributed by atoms with Gasteiger partial charge in [-0.05, 0) is 38.1 Å². The van der Waals surface area contributed by atoms with Gasteiger partial charge in [0.05, 0.1) is 22.8 Å². The summed E-state index contributed by atoms with van der Waals surface area (Å²) in [6.45, 7) is 4.59. The van der Waals surface area contributed by atoms with Gasteiger partial charge in [-0.1, -0.05) is 30.3 Å². The Morgan fingerprint density at radius 3 is 2.56 bits per heavy atom. The SMILES string of the molecule is CC(C)n1ncc2c(C(=O)OCC(=O)c3ccccc3)cc(-c3ccc4c(c3)OCCO4)nc21. The van der Waals surface area contributed by atoms with Crippen molar-refractivity contribution < 1.29 is 23.8 Å². The van der Waals surface area contributed by atoms with Crippen LogP contribution in [0.4, 0.5) is 0 Å². The van der Waals surface area contributed by atoms with Gasteiger partial charge in [0.1, 0.15) is 13.2 Å². The van der Waals surface area contributed by atoms with Crippen LogP contribution in [0.25, 0.3) is 22.3 Å². The maximum atomic E-state index is 13.1. The standard InChI is InChI=1S/C26H23N3O5/c1-16(2)29-25-20(14-27-29)19(26(31)34-15-22(30)17-6-4-3-5-7-17)13-21(28-25)18-8-9-23-24(12-18)33-11-10-32-23/h3-9,12-14,16H,10-11,15H2,1-2H3. The molecule has 0 aliphatic carbocycles. The van der Waals surface area contributed by atoms with Crippen LogP contribution in [0, 0.1) is 0 Å². The first-order valence-corrected chi connectivity index (χ1v) is 11.0. The maximum absolute atomic E-state index is 13.1. The maximum Gasteiger partial charge on any atom is 0.339 e. The lowest BCUT2D eigenvalue weighted by molar-refractivity contribution is 0.0476. The minimum Gasteiger partial charge on any atom is -0.486 e. The molecule has 0 spiro atoms. The van der Waals surface area contributed by atoms with Crippen LogP contribution >= 0.6 is 0 Å². The fourth-order valence-corrected chi connectivity index (χ4v) is 3.83. The summed E-state index contributed by atoms with van der Waals surface area (Å²) in [5.74, 6) is 0.408. The van der Waals surface area contributed by atoms with Crippen molar-refractivity contribution in [2.45, 2.75) is 19.9 Å². The van der Waals surface area contributed by atoms with E-state index in [0.29, 0.717) is 52.6 Å². The van der Waals surface area contributed by atoms with Gasteiger partial charge in [-0.25, -0.2) is 14.5 Å². The Balaban J connectivity index is 1.52. The average Bonchev–Trinajstić information content (AvgIpc) is 3.31. The molecule has 2 aromatic heterocycles. The molecule has 0 bridgehead atoms. The first-order valence-electron chi connectivity index (χ1n) is 11.0. The zero-order valence-electron chi connectivity index (χ0n) is 18.9. The van der Waals surface area contributed by atoms with E-state index in [1.54, 1.807) is 41.2 Å². The van der Waals surface area contributed by atoms with Gasteiger partial charge in [-0.3, -0.25) is 4.79 Å². The molecule has 0 saturated carbocycles. The van der Waals surface area contributed by atoms with Crippen LogP contribution < -0.4 is 9.47 Å². The monoisotopic (exact) mass is 457 g/mol. The highest BCUT2D eigenvalue weighted by atomic mass is 16.6. The second-order valence-corrected chi connectivity index (χ2v) is 8.20. The lowest BCUT2D eigenvalue weighted by atomic mass is 10.1.